The number of allylic oxidation sites excluding steroid dienone is 4. The zero-order chi connectivity index (χ0) is 35.9. The quantitative estimate of drug-likeness (QED) is 0.265. The number of amidine groups is 1. The third kappa shape index (κ3) is 8.29. The molecule has 12 heteroatoms. The van der Waals surface area contributed by atoms with Crippen LogP contribution in [-0.2, 0) is 30.4 Å². The van der Waals surface area contributed by atoms with Crippen LogP contribution in [0.4, 0.5) is 17.1 Å². The Morgan fingerprint density at radius 3 is 2.56 bits per heavy atom. The molecule has 3 amide bonds. The summed E-state index contributed by atoms with van der Waals surface area (Å²) in [5.41, 5.74) is 4.97. The van der Waals surface area contributed by atoms with Gasteiger partial charge in [0.2, 0.25) is 17.7 Å². The molecule has 1 unspecified atom stereocenters. The lowest BCUT2D eigenvalue weighted by molar-refractivity contribution is -0.136. The molecule has 4 aliphatic rings. The predicted molar refractivity (Wildman–Crippen MR) is 203 cm³/mol. The molecule has 3 aliphatic heterocycles. The molecule has 7 rings (SSSR count). The first-order chi connectivity index (χ1) is 25.4. The number of morpholine rings is 1. The lowest BCUT2D eigenvalue weighted by Crippen LogP contribution is -2.43. The van der Waals surface area contributed by atoms with E-state index in [0.717, 1.165) is 53.5 Å². The summed E-state index contributed by atoms with van der Waals surface area (Å²) in [7, 11) is 1.62. The molecule has 0 radical (unpaired) electrons. The van der Waals surface area contributed by atoms with Gasteiger partial charge in [-0.05, 0) is 91.1 Å². The molecule has 1 N–H and O–H groups in total. The van der Waals surface area contributed by atoms with E-state index in [9.17, 15) is 14.4 Å². The van der Waals surface area contributed by atoms with Crippen molar-refractivity contribution >= 4 is 51.7 Å². The van der Waals surface area contributed by atoms with Crippen LogP contribution in [0.1, 0.15) is 42.2 Å². The maximum atomic E-state index is 14.0. The number of benzene rings is 2. The number of hydrogen-bond donors (Lipinski definition) is 1. The smallest absolute Gasteiger partial charge is 0.247 e. The first-order valence-electron chi connectivity index (χ1n) is 17.7. The lowest BCUT2D eigenvalue weighted by Gasteiger charge is -2.28. The van der Waals surface area contributed by atoms with Crippen molar-refractivity contribution in [3.63, 3.8) is 0 Å². The molecule has 1 aromatic heterocycles. The number of methoxy groups -OCH3 is 1. The lowest BCUT2D eigenvalue weighted by atomic mass is 10.1. The van der Waals surface area contributed by atoms with Crippen molar-refractivity contribution in [3.05, 3.63) is 120 Å². The van der Waals surface area contributed by atoms with Crippen LogP contribution < -0.4 is 10.2 Å². The molecule has 3 fully saturated rings. The van der Waals surface area contributed by atoms with E-state index in [2.05, 4.69) is 27.3 Å². The summed E-state index contributed by atoms with van der Waals surface area (Å²) in [6.07, 6.45) is 11.7. The van der Waals surface area contributed by atoms with Crippen molar-refractivity contribution in [2.75, 3.05) is 50.2 Å². The zero-order valence-electron chi connectivity index (χ0n) is 29.1. The van der Waals surface area contributed by atoms with Gasteiger partial charge in [0.15, 0.2) is 5.17 Å². The molecule has 268 valence electrons. The second-order valence-corrected chi connectivity index (χ2v) is 14.0. The van der Waals surface area contributed by atoms with Crippen LogP contribution in [0, 0.1) is 0 Å². The largest absolute Gasteiger partial charge is 0.497 e. The highest BCUT2D eigenvalue weighted by Gasteiger charge is 2.39. The van der Waals surface area contributed by atoms with Crippen molar-refractivity contribution in [3.8, 4) is 0 Å². The molecule has 52 heavy (non-hydrogen) atoms. The number of pyridine rings is 1. The van der Waals surface area contributed by atoms with Gasteiger partial charge in [0, 0.05) is 37.2 Å². The third-order valence-corrected chi connectivity index (χ3v) is 10.8. The van der Waals surface area contributed by atoms with Gasteiger partial charge in [-0.2, -0.15) is 0 Å². The summed E-state index contributed by atoms with van der Waals surface area (Å²) in [6, 6.07) is 20.6. The van der Waals surface area contributed by atoms with Crippen LogP contribution in [0.2, 0.25) is 0 Å². The van der Waals surface area contributed by atoms with Crippen molar-refractivity contribution in [1.29, 1.82) is 0 Å². The summed E-state index contributed by atoms with van der Waals surface area (Å²) in [5.74, 6) is 0.403. The van der Waals surface area contributed by atoms with E-state index in [1.165, 1.54) is 11.8 Å². The Morgan fingerprint density at radius 2 is 1.81 bits per heavy atom. The molecule has 2 atom stereocenters. The Balaban J connectivity index is 1.02. The van der Waals surface area contributed by atoms with Crippen molar-refractivity contribution in [1.82, 2.24) is 14.8 Å². The first-order valence-corrected chi connectivity index (χ1v) is 18.5. The number of aromatic nitrogens is 1. The van der Waals surface area contributed by atoms with Gasteiger partial charge in [0.05, 0.1) is 44.7 Å². The van der Waals surface area contributed by atoms with E-state index in [1.807, 2.05) is 78.9 Å². The van der Waals surface area contributed by atoms with Crippen LogP contribution in [-0.4, -0.2) is 83.7 Å². The van der Waals surface area contributed by atoms with Crippen LogP contribution >= 0.6 is 11.8 Å². The summed E-state index contributed by atoms with van der Waals surface area (Å²) < 4.78 is 10.8. The molecule has 4 heterocycles. The van der Waals surface area contributed by atoms with Crippen molar-refractivity contribution in [2.24, 2.45) is 4.99 Å². The average molecular weight is 719 g/mol. The fourth-order valence-electron chi connectivity index (χ4n) is 6.74. The monoisotopic (exact) mass is 718 g/mol. The maximum absolute atomic E-state index is 14.0. The number of hydrogen-bond acceptors (Lipinski definition) is 9. The maximum Gasteiger partial charge on any atom is 0.247 e. The fourth-order valence-corrected chi connectivity index (χ4v) is 7.91. The van der Waals surface area contributed by atoms with Gasteiger partial charge in [-0.25, -0.2) is 4.99 Å². The zero-order valence-corrected chi connectivity index (χ0v) is 30.0. The number of likely N-dealkylation sites (tertiary alicyclic amines) is 1. The highest BCUT2D eigenvalue weighted by molar-refractivity contribution is 8.15. The van der Waals surface area contributed by atoms with Crippen LogP contribution in [0.5, 0.6) is 0 Å². The topological polar surface area (TPSA) is 117 Å². The molecule has 0 spiro atoms. The van der Waals surface area contributed by atoms with Crippen LogP contribution in [0.15, 0.2) is 114 Å². The highest BCUT2D eigenvalue weighted by Crippen LogP contribution is 2.41. The van der Waals surface area contributed by atoms with E-state index in [0.29, 0.717) is 50.0 Å². The summed E-state index contributed by atoms with van der Waals surface area (Å²) >= 11 is 1.41. The Bertz CT molecular complexity index is 1890. The van der Waals surface area contributed by atoms with Gasteiger partial charge in [-0.3, -0.25) is 24.3 Å². The number of ether oxygens (including phenoxy) is 2. The number of carbonyl (C=O) groups excluding carboxylic acids is 3. The number of carbonyl (C=O) groups is 3. The molecule has 2 aromatic carbocycles. The van der Waals surface area contributed by atoms with E-state index in [1.54, 1.807) is 23.1 Å². The molecule has 11 nitrogen and oxygen atoms in total. The number of thioether (sulfide) groups is 1. The molecule has 0 saturated carbocycles. The predicted octanol–water partition coefficient (Wildman–Crippen LogP) is 6.16. The second kappa shape index (κ2) is 16.4. The molecular formula is C40H42N6O5S. The minimum atomic E-state index is -0.538. The van der Waals surface area contributed by atoms with Gasteiger partial charge < -0.3 is 24.6 Å². The Hall–Kier alpha value is -5.20. The first kappa shape index (κ1) is 35.2. The van der Waals surface area contributed by atoms with E-state index in [4.69, 9.17) is 14.5 Å². The minimum absolute atomic E-state index is 0.0673. The van der Waals surface area contributed by atoms with Crippen molar-refractivity contribution in [2.45, 2.75) is 43.5 Å². The SMILES string of the molecule is COC1=CCC=C(CC(=O)N2CCC[C@H]2C(=O)Nc2ccc(C3SC(=Nc4ccc(N5CCOCC5)cc4)N(Cc4ccccn4)C3=O)cc2)C=C1. The third-order valence-electron chi connectivity index (χ3n) is 9.55. The van der Waals surface area contributed by atoms with E-state index < -0.39 is 11.3 Å². The number of nitrogens with zero attached hydrogens (tertiary/aromatic N) is 5. The Labute approximate surface area is 308 Å². The number of aliphatic imine (C=N–C) groups is 1. The van der Waals surface area contributed by atoms with Gasteiger partial charge in [-0.15, -0.1) is 0 Å². The minimum Gasteiger partial charge on any atom is -0.497 e. The number of rotatable bonds is 10. The van der Waals surface area contributed by atoms with Gasteiger partial charge in [0.25, 0.3) is 0 Å². The van der Waals surface area contributed by atoms with Gasteiger partial charge >= 0.3 is 0 Å². The standard InChI is InChI=1S/C40H42N6O5S/c1-50-34-8-4-6-28(10-19-34)26-36(47)45-21-5-9-35(45)38(48)42-30-13-11-29(12-14-30)37-39(49)46(27-32-7-2-3-20-41-32)40(52-37)43-31-15-17-33(18-16-31)44-22-24-51-25-23-44/h2-3,6-8,10-20,35,37H,4-5,9,21-27H2,1H3,(H,42,48)/t35-,37?/m0/s1. The Kier molecular flexibility index (Phi) is 11.1. The highest BCUT2D eigenvalue weighted by atomic mass is 32.2. The normalized spacial score (nSPS) is 21.2. The molecule has 1 aliphatic carbocycles. The Morgan fingerprint density at radius 1 is 1.00 bits per heavy atom. The molecule has 3 aromatic rings. The van der Waals surface area contributed by atoms with Crippen molar-refractivity contribution < 1.29 is 23.9 Å². The summed E-state index contributed by atoms with van der Waals surface area (Å²) in [5, 5.41) is 3.10. The molecule has 0 bridgehead atoms. The average Bonchev–Trinajstić information content (AvgIpc) is 3.71. The number of amides is 3. The summed E-state index contributed by atoms with van der Waals surface area (Å²) in [4.78, 5) is 55.8. The number of nitrogens with one attached hydrogen (secondary N) is 1. The van der Waals surface area contributed by atoms with Gasteiger partial charge in [0.1, 0.15) is 17.1 Å². The second-order valence-electron chi connectivity index (χ2n) is 12.9. The number of anilines is 2. The van der Waals surface area contributed by atoms with Gasteiger partial charge in [-0.1, -0.05) is 42.1 Å². The van der Waals surface area contributed by atoms with E-state index in [-0.39, 0.29) is 24.1 Å². The van der Waals surface area contributed by atoms with Crippen LogP contribution in [0.3, 0.4) is 0 Å². The molecule has 3 saturated heterocycles. The van der Waals surface area contributed by atoms with Crippen LogP contribution in [0.25, 0.3) is 0 Å². The molecular weight excluding hydrogens is 677 g/mol. The fraction of sp³-hybridized carbons (Fsp3) is 0.325. The summed E-state index contributed by atoms with van der Waals surface area (Å²) in [6.45, 7) is 3.98. The van der Waals surface area contributed by atoms with E-state index >= 15 is 0 Å².